The number of carbonyl (C=O) groups is 2. The van der Waals surface area contributed by atoms with E-state index in [-0.39, 0.29) is 80.5 Å². The lowest BCUT2D eigenvalue weighted by molar-refractivity contribution is -0.267. The first-order chi connectivity index (χ1) is 31.6. The minimum Gasteiger partial charge on any atom is -0.492 e. The number of ether oxygens (including phenoxy) is 3. The third kappa shape index (κ3) is 13.8. The normalized spacial score (nSPS) is 27.1. The zero-order chi connectivity index (χ0) is 49.3. The fourth-order valence-electron chi connectivity index (χ4n) is 9.12. The van der Waals surface area contributed by atoms with Gasteiger partial charge in [0.05, 0.1) is 63.3 Å². The fraction of sp³-hybridized carbons (Fsp3) is 0.727. The van der Waals surface area contributed by atoms with Crippen LogP contribution in [-0.4, -0.2) is 175 Å². The molecule has 2 fully saturated rings. The summed E-state index contributed by atoms with van der Waals surface area (Å²) >= 11 is 0. The molecule has 2 amide bonds. The predicted molar refractivity (Wildman–Crippen MR) is 226 cm³/mol. The van der Waals surface area contributed by atoms with Gasteiger partial charge < -0.3 is 50.2 Å². The molecule has 0 aromatic carbocycles. The Morgan fingerprint density at radius 3 is 2.31 bits per heavy atom. The number of amides is 2. The molecule has 7 N–H and O–H groups in total. The summed E-state index contributed by atoms with van der Waals surface area (Å²) < 4.78 is 130. The Morgan fingerprint density at radius 2 is 1.66 bits per heavy atom. The Labute approximate surface area is 384 Å². The molecule has 5 rings (SSSR count). The molecule has 67 heavy (non-hydrogen) atoms. The summed E-state index contributed by atoms with van der Waals surface area (Å²) in [5.74, 6) is -3.23. The van der Waals surface area contributed by atoms with Crippen molar-refractivity contribution in [3.8, 4) is 0 Å². The number of nitrogens with one attached hydrogen (secondary N) is 3. The van der Waals surface area contributed by atoms with Crippen molar-refractivity contribution in [3.63, 3.8) is 0 Å². The number of carbonyl (C=O) groups excluding carboxylic acids is 2. The number of nitrogens with zero attached hydrogens (tertiary/aromatic N) is 3. The molecule has 1 saturated carbocycles. The minimum atomic E-state index is -4.85. The third-order valence-corrected chi connectivity index (χ3v) is 13.1. The van der Waals surface area contributed by atoms with Gasteiger partial charge in [0.2, 0.25) is 11.8 Å². The van der Waals surface area contributed by atoms with Crippen molar-refractivity contribution in [2.45, 2.75) is 119 Å². The molecule has 1 saturated heterocycles. The lowest BCUT2D eigenvalue weighted by Gasteiger charge is -2.57. The highest BCUT2D eigenvalue weighted by atomic mass is 19.4. The maximum absolute atomic E-state index is 15.8. The summed E-state index contributed by atoms with van der Waals surface area (Å²) in [4.78, 5) is 28.0. The first-order valence-electron chi connectivity index (χ1n) is 22.5. The van der Waals surface area contributed by atoms with E-state index >= 15 is 8.78 Å². The SMILES string of the molecule is CC(CO)C[C@H](O)CCN(C)C(=O)CCOCCOCCOC1=CC=C(CN2C(O)C(C(=O)NC3=C(C4C=C(C(F)(F)F)NCN4)C=C(C(F)(F)F)CC3)C(O)C3(CCCC3)N2C)C(F)[C@H]1F. The Kier molecular flexibility index (Phi) is 19.2. The lowest BCUT2D eigenvalue weighted by Crippen LogP contribution is -2.73. The van der Waals surface area contributed by atoms with E-state index < -0.39 is 104 Å². The smallest absolute Gasteiger partial charge is 0.430 e. The van der Waals surface area contributed by atoms with Crippen LogP contribution < -0.4 is 16.0 Å². The van der Waals surface area contributed by atoms with Crippen molar-refractivity contribution in [1.29, 1.82) is 0 Å². The highest BCUT2D eigenvalue weighted by Gasteiger charge is 2.59. The zero-order valence-electron chi connectivity index (χ0n) is 37.9. The largest absolute Gasteiger partial charge is 0.492 e. The second-order valence-corrected chi connectivity index (χ2v) is 17.7. The number of likely N-dealkylation sites (N-methyl/N-ethyl adjacent to an activating group) is 1. The number of hydrogen-bond acceptors (Lipinski definition) is 13. The molecule has 0 aromatic rings. The van der Waals surface area contributed by atoms with E-state index in [1.165, 1.54) is 27.1 Å². The molecule has 1 spiro atoms. The summed E-state index contributed by atoms with van der Waals surface area (Å²) in [6, 6.07) is -1.41. The van der Waals surface area contributed by atoms with Gasteiger partial charge in [-0.2, -0.15) is 26.3 Å². The van der Waals surface area contributed by atoms with Gasteiger partial charge in [0, 0.05) is 45.1 Å². The van der Waals surface area contributed by atoms with E-state index in [0.29, 0.717) is 57.2 Å². The predicted octanol–water partition coefficient (Wildman–Crippen LogP) is 3.54. The molecule has 23 heteroatoms. The average Bonchev–Trinajstić information content (AvgIpc) is 3.78. The van der Waals surface area contributed by atoms with E-state index in [1.807, 2.05) is 6.92 Å². The number of rotatable bonds is 21. The number of aliphatic hydroxyl groups excluding tert-OH is 4. The highest BCUT2D eigenvalue weighted by Crippen LogP contribution is 2.46. The summed E-state index contributed by atoms with van der Waals surface area (Å²) in [5.41, 5.74) is -3.94. The van der Waals surface area contributed by atoms with Crippen LogP contribution >= 0.6 is 0 Å². The molecule has 5 aliphatic rings. The highest BCUT2D eigenvalue weighted by molar-refractivity contribution is 5.82. The van der Waals surface area contributed by atoms with Crippen molar-refractivity contribution in [2.24, 2.45) is 11.8 Å². The van der Waals surface area contributed by atoms with Crippen LogP contribution in [0, 0.1) is 11.8 Å². The molecule has 6 unspecified atom stereocenters. The van der Waals surface area contributed by atoms with Gasteiger partial charge in [0.1, 0.15) is 30.2 Å². The molecular weight excluding hydrogens is 909 g/mol. The molecule has 15 nitrogen and oxygen atoms in total. The zero-order valence-corrected chi connectivity index (χ0v) is 37.9. The number of aliphatic hydroxyl groups is 4. The summed E-state index contributed by atoms with van der Waals surface area (Å²) in [6.45, 7) is 1.51. The Hall–Kier alpha value is -3.68. The average molecular weight is 973 g/mol. The second kappa shape index (κ2) is 23.8. The van der Waals surface area contributed by atoms with Crippen molar-refractivity contribution in [3.05, 3.63) is 58.2 Å². The molecule has 2 aliphatic heterocycles. The standard InChI is InChI=1S/C44H64F8N6O9/c1-26(24-59)20-29(60)10-14-56(2)35(61)11-15-65-16-17-66-18-19-67-33-9-6-27(37(45)38(33)46)23-58-41(64)36(39(62)42(57(58)3)12-4-5-13-42)40(63)55-31-8-7-28(43(47,48)49)21-30(31)32-22-34(44(50,51)52)54-25-53-32/h6,9,21-22,26,29,32,36-39,41,53-54,59-60,62,64H,4-5,7-8,10-20,23-25H2,1-3H3,(H,55,63)/t26?,29-,32?,36?,37?,38+,39?,41?/m1/s1. The van der Waals surface area contributed by atoms with E-state index in [2.05, 4.69) is 16.0 Å². The molecule has 3 aliphatic carbocycles. The second-order valence-electron chi connectivity index (χ2n) is 17.7. The number of hydrazine groups is 1. The summed E-state index contributed by atoms with van der Waals surface area (Å²) in [5, 5.41) is 52.8. The lowest BCUT2D eigenvalue weighted by atomic mass is 9.78. The minimum absolute atomic E-state index is 0.00366. The van der Waals surface area contributed by atoms with Crippen molar-refractivity contribution < 1.29 is 79.3 Å². The molecule has 380 valence electrons. The van der Waals surface area contributed by atoms with E-state index in [4.69, 9.17) is 19.3 Å². The molecule has 0 bridgehead atoms. The van der Waals surface area contributed by atoms with Crippen LogP contribution in [0.2, 0.25) is 0 Å². The van der Waals surface area contributed by atoms with Crippen LogP contribution in [0.15, 0.2) is 58.2 Å². The van der Waals surface area contributed by atoms with Crippen LogP contribution in [0.4, 0.5) is 35.1 Å². The van der Waals surface area contributed by atoms with Gasteiger partial charge >= 0.3 is 12.4 Å². The van der Waals surface area contributed by atoms with Gasteiger partial charge in [0.15, 0.2) is 12.3 Å². The van der Waals surface area contributed by atoms with E-state index in [0.717, 1.165) is 0 Å². The number of hydrogen-bond donors (Lipinski definition) is 7. The number of allylic oxidation sites excluding steroid dienone is 6. The Morgan fingerprint density at radius 1 is 0.985 bits per heavy atom. The maximum atomic E-state index is 15.8. The van der Waals surface area contributed by atoms with Crippen molar-refractivity contribution in [1.82, 2.24) is 30.9 Å². The Balaban J connectivity index is 1.18. The van der Waals surface area contributed by atoms with Gasteiger partial charge in [0.25, 0.3) is 0 Å². The van der Waals surface area contributed by atoms with Crippen LogP contribution in [0.3, 0.4) is 0 Å². The van der Waals surface area contributed by atoms with E-state index in [9.17, 15) is 51.3 Å². The van der Waals surface area contributed by atoms with Crippen LogP contribution in [-0.2, 0) is 23.8 Å². The van der Waals surface area contributed by atoms with Gasteiger partial charge in [-0.3, -0.25) is 14.9 Å². The van der Waals surface area contributed by atoms with Crippen LogP contribution in [0.5, 0.6) is 0 Å². The molecular formula is C44H64F8N6O9. The monoisotopic (exact) mass is 972 g/mol. The van der Waals surface area contributed by atoms with Crippen molar-refractivity contribution >= 4 is 11.8 Å². The number of alkyl halides is 8. The first kappa shape index (κ1) is 54.3. The van der Waals surface area contributed by atoms with Gasteiger partial charge in [-0.05, 0) is 73.8 Å². The van der Waals surface area contributed by atoms with Gasteiger partial charge in [-0.1, -0.05) is 25.8 Å². The van der Waals surface area contributed by atoms with Crippen LogP contribution in [0.1, 0.15) is 64.7 Å². The number of halogens is 8. The quantitative estimate of drug-likeness (QED) is 0.0655. The summed E-state index contributed by atoms with van der Waals surface area (Å²) in [7, 11) is 3.17. The molecule has 0 radical (unpaired) electrons. The van der Waals surface area contributed by atoms with E-state index in [1.54, 1.807) is 14.1 Å². The Bertz CT molecular complexity index is 1860. The molecule has 8 atom stereocenters. The van der Waals surface area contributed by atoms with Gasteiger partial charge in [-0.25, -0.2) is 18.8 Å². The van der Waals surface area contributed by atoms with Crippen molar-refractivity contribution in [2.75, 3.05) is 73.5 Å². The fourth-order valence-corrected chi connectivity index (χ4v) is 9.12. The summed E-state index contributed by atoms with van der Waals surface area (Å²) in [6.07, 6.45) is -12.6. The topological polar surface area (TPSA) is 189 Å². The first-order valence-corrected chi connectivity index (χ1v) is 22.5. The molecule has 2 heterocycles. The maximum Gasteiger partial charge on any atom is 0.430 e. The van der Waals surface area contributed by atoms with Gasteiger partial charge in [-0.15, -0.1) is 0 Å². The molecule has 0 aromatic heterocycles. The van der Waals surface area contributed by atoms with Crippen LogP contribution in [0.25, 0.3) is 0 Å². The third-order valence-electron chi connectivity index (χ3n) is 13.1.